The molecule has 3 nitrogen and oxygen atoms in total. The maximum atomic E-state index is 6.08. The van der Waals surface area contributed by atoms with Crippen molar-refractivity contribution in [3.8, 4) is 0 Å². The third-order valence-corrected chi connectivity index (χ3v) is 4.37. The summed E-state index contributed by atoms with van der Waals surface area (Å²) in [7, 11) is 0. The van der Waals surface area contributed by atoms with Crippen molar-refractivity contribution < 1.29 is 0 Å². The number of aryl methyl sites for hydroxylation is 2. The van der Waals surface area contributed by atoms with Gasteiger partial charge in [0, 0.05) is 6.04 Å². The lowest BCUT2D eigenvalue weighted by molar-refractivity contribution is 0.216. The first kappa shape index (κ1) is 11.6. The van der Waals surface area contributed by atoms with Crippen LogP contribution in [0.3, 0.4) is 0 Å². The molecule has 0 aromatic heterocycles. The number of hydrogen-bond donors (Lipinski definition) is 1. The molecule has 18 heavy (non-hydrogen) atoms. The smallest absolute Gasteiger partial charge is 0.192 e. The summed E-state index contributed by atoms with van der Waals surface area (Å²) in [6.45, 7) is 7.36. The summed E-state index contributed by atoms with van der Waals surface area (Å²) in [5.74, 6) is 0.721. The van der Waals surface area contributed by atoms with E-state index < -0.39 is 0 Å². The van der Waals surface area contributed by atoms with E-state index in [2.05, 4.69) is 48.9 Å². The van der Waals surface area contributed by atoms with Crippen molar-refractivity contribution in [1.82, 2.24) is 4.90 Å². The molecule has 0 bridgehead atoms. The molecule has 0 spiro atoms. The lowest BCUT2D eigenvalue weighted by Crippen LogP contribution is -2.48. The summed E-state index contributed by atoms with van der Waals surface area (Å²) in [6.07, 6.45) is 2.49. The fraction of sp³-hybridized carbons (Fsp3) is 0.533. The zero-order valence-corrected chi connectivity index (χ0v) is 11.4. The van der Waals surface area contributed by atoms with E-state index in [1.807, 2.05) is 0 Å². The van der Waals surface area contributed by atoms with E-state index in [0.717, 1.165) is 12.5 Å². The zero-order chi connectivity index (χ0) is 12.9. The van der Waals surface area contributed by atoms with Crippen LogP contribution in [-0.2, 0) is 5.54 Å². The van der Waals surface area contributed by atoms with Crippen LogP contribution < -0.4 is 5.73 Å². The van der Waals surface area contributed by atoms with Gasteiger partial charge in [0.05, 0.1) is 12.1 Å². The van der Waals surface area contributed by atoms with Gasteiger partial charge >= 0.3 is 0 Å². The number of aliphatic imine (C=N–C) groups is 1. The molecule has 1 heterocycles. The van der Waals surface area contributed by atoms with E-state index in [1.165, 1.54) is 29.5 Å². The minimum Gasteiger partial charge on any atom is -0.370 e. The Hall–Kier alpha value is -1.51. The molecule has 0 radical (unpaired) electrons. The number of rotatable bonds is 2. The first-order valence-electron chi connectivity index (χ1n) is 6.69. The maximum Gasteiger partial charge on any atom is 0.192 e. The molecule has 1 aliphatic heterocycles. The summed E-state index contributed by atoms with van der Waals surface area (Å²) < 4.78 is 0. The summed E-state index contributed by atoms with van der Waals surface area (Å²) in [5.41, 5.74) is 10.0. The minimum atomic E-state index is -0.0519. The number of hydrogen-bond acceptors (Lipinski definition) is 3. The van der Waals surface area contributed by atoms with Crippen LogP contribution in [0.2, 0.25) is 0 Å². The fourth-order valence-electron chi connectivity index (χ4n) is 2.87. The van der Waals surface area contributed by atoms with Crippen LogP contribution in [0.1, 0.15) is 36.5 Å². The van der Waals surface area contributed by atoms with Gasteiger partial charge in [-0.3, -0.25) is 4.99 Å². The highest BCUT2D eigenvalue weighted by atomic mass is 15.4. The largest absolute Gasteiger partial charge is 0.370 e. The van der Waals surface area contributed by atoms with Crippen molar-refractivity contribution >= 4 is 5.96 Å². The normalized spacial score (nSPS) is 27.5. The van der Waals surface area contributed by atoms with Gasteiger partial charge in [-0.2, -0.15) is 0 Å². The summed E-state index contributed by atoms with van der Waals surface area (Å²) >= 11 is 0. The van der Waals surface area contributed by atoms with Crippen LogP contribution in [0, 0.1) is 13.8 Å². The lowest BCUT2D eigenvalue weighted by Gasteiger charge is -2.37. The highest BCUT2D eigenvalue weighted by Gasteiger charge is 2.46. The molecule has 2 aliphatic rings. The van der Waals surface area contributed by atoms with Crippen molar-refractivity contribution in [2.75, 3.05) is 6.54 Å². The SMILES string of the molecule is Cc1ccc(C2(C)CN=C(N)N2C2CC2)cc1C. The first-order valence-corrected chi connectivity index (χ1v) is 6.69. The van der Waals surface area contributed by atoms with Crippen molar-refractivity contribution in [2.24, 2.45) is 10.7 Å². The van der Waals surface area contributed by atoms with Crippen molar-refractivity contribution in [3.63, 3.8) is 0 Å². The third kappa shape index (κ3) is 1.61. The monoisotopic (exact) mass is 243 g/mol. The van der Waals surface area contributed by atoms with Gasteiger partial charge in [0.15, 0.2) is 5.96 Å². The Morgan fingerprint density at radius 3 is 2.61 bits per heavy atom. The number of guanidine groups is 1. The number of nitrogens with two attached hydrogens (primary N) is 1. The van der Waals surface area contributed by atoms with E-state index in [4.69, 9.17) is 5.73 Å². The van der Waals surface area contributed by atoms with Crippen molar-refractivity contribution in [3.05, 3.63) is 34.9 Å². The van der Waals surface area contributed by atoms with Crippen molar-refractivity contribution in [1.29, 1.82) is 0 Å². The molecular formula is C15H21N3. The zero-order valence-electron chi connectivity index (χ0n) is 11.4. The van der Waals surface area contributed by atoms with Gasteiger partial charge in [0.2, 0.25) is 0 Å². The average molecular weight is 243 g/mol. The van der Waals surface area contributed by atoms with Crippen LogP contribution in [0.15, 0.2) is 23.2 Å². The molecule has 3 rings (SSSR count). The second-order valence-electron chi connectivity index (χ2n) is 5.85. The first-order chi connectivity index (χ1) is 8.52. The number of benzene rings is 1. The Morgan fingerprint density at radius 1 is 1.28 bits per heavy atom. The van der Waals surface area contributed by atoms with E-state index in [1.54, 1.807) is 0 Å². The van der Waals surface area contributed by atoms with E-state index in [9.17, 15) is 0 Å². The van der Waals surface area contributed by atoms with Gasteiger partial charge in [0.1, 0.15) is 0 Å². The Kier molecular flexibility index (Phi) is 2.40. The molecule has 1 aliphatic carbocycles. The highest BCUT2D eigenvalue weighted by Crippen LogP contribution is 2.41. The van der Waals surface area contributed by atoms with E-state index >= 15 is 0 Å². The molecule has 0 amide bonds. The van der Waals surface area contributed by atoms with Gasteiger partial charge in [-0.15, -0.1) is 0 Å². The van der Waals surface area contributed by atoms with Gasteiger partial charge in [-0.1, -0.05) is 18.2 Å². The molecule has 1 unspecified atom stereocenters. The van der Waals surface area contributed by atoms with Crippen LogP contribution in [0.25, 0.3) is 0 Å². The lowest BCUT2D eigenvalue weighted by atomic mass is 9.89. The predicted molar refractivity (Wildman–Crippen MR) is 74.6 cm³/mol. The van der Waals surface area contributed by atoms with E-state index in [0.29, 0.717) is 6.04 Å². The van der Waals surface area contributed by atoms with E-state index in [-0.39, 0.29) is 5.54 Å². The molecule has 1 aromatic carbocycles. The Morgan fingerprint density at radius 2 is 2.00 bits per heavy atom. The summed E-state index contributed by atoms with van der Waals surface area (Å²) in [6, 6.07) is 7.32. The van der Waals surface area contributed by atoms with Gasteiger partial charge in [0.25, 0.3) is 0 Å². The van der Waals surface area contributed by atoms with Crippen LogP contribution in [-0.4, -0.2) is 23.4 Å². The molecular weight excluding hydrogens is 222 g/mol. The van der Waals surface area contributed by atoms with Gasteiger partial charge < -0.3 is 10.6 Å². The second-order valence-corrected chi connectivity index (χ2v) is 5.85. The van der Waals surface area contributed by atoms with Crippen LogP contribution in [0.4, 0.5) is 0 Å². The summed E-state index contributed by atoms with van der Waals surface area (Å²) in [4.78, 5) is 6.81. The topological polar surface area (TPSA) is 41.6 Å². The molecule has 1 fully saturated rings. The highest BCUT2D eigenvalue weighted by molar-refractivity contribution is 5.82. The van der Waals surface area contributed by atoms with Crippen LogP contribution in [0.5, 0.6) is 0 Å². The Labute approximate surface area is 109 Å². The molecule has 1 atom stereocenters. The Bertz CT molecular complexity index is 516. The second kappa shape index (κ2) is 3.74. The summed E-state index contributed by atoms with van der Waals surface area (Å²) in [5, 5.41) is 0. The van der Waals surface area contributed by atoms with Crippen LogP contribution >= 0.6 is 0 Å². The number of nitrogens with zero attached hydrogens (tertiary/aromatic N) is 2. The average Bonchev–Trinajstić information content (AvgIpc) is 3.10. The molecule has 2 N–H and O–H groups in total. The molecule has 1 saturated carbocycles. The molecule has 0 saturated heterocycles. The minimum absolute atomic E-state index is 0.0519. The van der Waals surface area contributed by atoms with Gasteiger partial charge in [-0.25, -0.2) is 0 Å². The van der Waals surface area contributed by atoms with Crippen molar-refractivity contribution in [2.45, 2.75) is 45.2 Å². The van der Waals surface area contributed by atoms with Gasteiger partial charge in [-0.05, 0) is 50.3 Å². The third-order valence-electron chi connectivity index (χ3n) is 4.37. The standard InChI is InChI=1S/C15H21N3/c1-10-4-5-12(8-11(10)2)15(3)9-17-14(16)18(15)13-6-7-13/h4-5,8,13H,6-7,9H2,1-3H3,(H2,16,17). The Balaban J connectivity index is 2.01. The fourth-order valence-corrected chi connectivity index (χ4v) is 2.87. The molecule has 3 heteroatoms. The quantitative estimate of drug-likeness (QED) is 0.866. The predicted octanol–water partition coefficient (Wildman–Crippen LogP) is 2.31. The molecule has 96 valence electrons. The molecule has 1 aromatic rings. The maximum absolute atomic E-state index is 6.08.